The summed E-state index contributed by atoms with van der Waals surface area (Å²) in [6.45, 7) is 6.41. The molecule has 0 aromatic heterocycles. The van der Waals surface area contributed by atoms with Crippen molar-refractivity contribution in [2.24, 2.45) is 104 Å². The molecule has 1 aromatic rings. The fraction of sp³-hybridized carbons (Fsp3) is 0.804. The molecule has 32 nitrogen and oxygen atoms in total. The maximum atomic E-state index is 16.0. The third-order valence-electron chi connectivity index (χ3n) is 32.3. The minimum absolute atomic E-state index is 0.0489. The van der Waals surface area contributed by atoms with E-state index in [1.807, 2.05) is 51.1 Å². The van der Waals surface area contributed by atoms with E-state index in [0.717, 1.165) is 76.1 Å². The van der Waals surface area contributed by atoms with Gasteiger partial charge in [0.15, 0.2) is 0 Å². The van der Waals surface area contributed by atoms with Crippen molar-refractivity contribution in [1.29, 1.82) is 0 Å². The number of carbonyl (C=O) groups excluding carboxylic acids is 13. The van der Waals surface area contributed by atoms with Gasteiger partial charge >= 0.3 is 0 Å². The number of carbonyl (C=O) groups is 13. The molecule has 0 spiro atoms. The van der Waals surface area contributed by atoms with Gasteiger partial charge in [-0.15, -0.1) is 0 Å². The second kappa shape index (κ2) is 45.3. The van der Waals surface area contributed by atoms with E-state index in [4.69, 9.17) is 28.7 Å². The summed E-state index contributed by atoms with van der Waals surface area (Å²) in [6.07, 6.45) is 24.3. The SMILES string of the molecule is CCCCC1NC(=O)C(CC(C)C)NC(=O)C(CCCN)NC(=O)C(C23CC4CCC(CC(C4)C2)C3)NC(=O)C(CCCN)NCC2(C=O)CCCN2C(=O)C(Cc2ccccc2)NC(=O)C(CCCN)NCC(CC23CC4CC(CC(C4)C2)C3)NC(=O)C(CCCN)NC(=O)C(C23CC4CC(CC(C4)C2)C3)NC(=O)C(CCCN)NC(=O)C2CCCN2C(=O)CNC1=O. The van der Waals surface area contributed by atoms with Gasteiger partial charge in [-0.1, -0.05) is 76.8 Å². The molecule has 3 heterocycles. The van der Waals surface area contributed by atoms with Gasteiger partial charge in [0.1, 0.15) is 66.2 Å². The molecule has 0 radical (unpaired) electrons. The van der Waals surface area contributed by atoms with E-state index in [1.54, 1.807) is 0 Å². The average molecular weight is 1800 g/mol. The first-order valence-electron chi connectivity index (χ1n) is 50.2. The summed E-state index contributed by atoms with van der Waals surface area (Å²) in [5.41, 5.74) is 28.9. The normalized spacial score (nSPS) is 37.3. The average Bonchev–Trinajstić information content (AvgIpc) is 1.25. The van der Waals surface area contributed by atoms with Crippen molar-refractivity contribution in [1.82, 2.24) is 73.6 Å². The predicted molar refractivity (Wildman–Crippen MR) is 490 cm³/mol. The number of fused-ring (bicyclic) bond motifs is 3. The molecule has 12 bridgehead atoms. The van der Waals surface area contributed by atoms with Gasteiger partial charge in [0, 0.05) is 49.5 Å². The molecule has 12 aliphatic carbocycles. The minimum atomic E-state index is -1.52. The van der Waals surface area contributed by atoms with Crippen LogP contribution in [0.1, 0.15) is 270 Å². The Morgan fingerprint density at radius 2 is 0.837 bits per heavy atom. The van der Waals surface area contributed by atoms with Crippen molar-refractivity contribution in [2.75, 3.05) is 65.4 Å². The van der Waals surface area contributed by atoms with Crippen molar-refractivity contribution in [2.45, 2.75) is 349 Å². The highest BCUT2D eigenvalue weighted by Crippen LogP contribution is 2.64. The molecule has 15 atom stereocenters. The molecule has 32 heteroatoms. The Labute approximate surface area is 763 Å². The monoisotopic (exact) mass is 1800 g/mol. The van der Waals surface area contributed by atoms with Crippen LogP contribution >= 0.6 is 0 Å². The third-order valence-corrected chi connectivity index (χ3v) is 32.3. The number of nitrogens with zero attached hydrogens (tertiary/aromatic N) is 2. The maximum absolute atomic E-state index is 16.0. The summed E-state index contributed by atoms with van der Waals surface area (Å²) in [5.74, 6) is -3.49. The molecule has 3 saturated heterocycles. The maximum Gasteiger partial charge on any atom is 0.246 e. The van der Waals surface area contributed by atoms with E-state index < -0.39 is 166 Å². The summed E-state index contributed by atoms with van der Waals surface area (Å²) in [5, 5.41) is 38.2. The molecule has 1 aromatic carbocycles. The van der Waals surface area contributed by atoms with Crippen LogP contribution < -0.4 is 92.5 Å². The largest absolute Gasteiger partial charge is 0.350 e. The number of hydrogen-bond acceptors (Lipinski definition) is 20. The predicted octanol–water partition coefficient (Wildman–Crippen LogP) is 3.55. The summed E-state index contributed by atoms with van der Waals surface area (Å²) in [7, 11) is 0. The van der Waals surface area contributed by atoms with Crippen molar-refractivity contribution < 1.29 is 62.3 Å². The highest BCUT2D eigenvalue weighted by atomic mass is 16.2. The van der Waals surface area contributed by atoms with Gasteiger partial charge in [-0.25, -0.2) is 0 Å². The molecule has 3 aliphatic heterocycles. The van der Waals surface area contributed by atoms with E-state index in [2.05, 4.69) is 63.8 Å². The lowest BCUT2D eigenvalue weighted by Gasteiger charge is -2.59. The Bertz CT molecular complexity index is 3960. The number of amides is 12. The molecule has 15 aliphatic rings. The Balaban J connectivity index is 0.836. The number of benzene rings is 1. The van der Waals surface area contributed by atoms with Crippen molar-refractivity contribution in [3.63, 3.8) is 0 Å². The minimum Gasteiger partial charge on any atom is -0.350 e. The van der Waals surface area contributed by atoms with Crippen molar-refractivity contribution >= 4 is 77.2 Å². The summed E-state index contributed by atoms with van der Waals surface area (Å²) >= 11 is 0. The second-order valence-corrected chi connectivity index (χ2v) is 42.8. The number of rotatable bonds is 27. The van der Waals surface area contributed by atoms with Gasteiger partial charge in [-0.2, -0.15) is 0 Å². The zero-order valence-corrected chi connectivity index (χ0v) is 77.4. The Morgan fingerprint density at radius 1 is 0.426 bits per heavy atom. The molecule has 12 saturated carbocycles. The summed E-state index contributed by atoms with van der Waals surface area (Å²) in [4.78, 5) is 202. The van der Waals surface area contributed by atoms with Crippen LogP contribution in [0.15, 0.2) is 30.3 Å². The smallest absolute Gasteiger partial charge is 0.246 e. The fourth-order valence-electron chi connectivity index (χ4n) is 27.3. The standard InChI is InChI=1S/C97H157N19O13/c1-4-5-18-73-83(119)104-56-80(118)115-33-14-24-79(115)90(126)108-76(23-13-32-102)88(124)114-82(96-51-67-41-68(52-96)43-69(42-67)53-96)92(128)109-74(21-11-30-100)86(122)106-70(54-94-45-63-38-64(46-94)40-65(39-63)47-94)55-103-71(19-9-28-98)84(120)112-78(44-60-16-7-6-8-17-60)93(129)116-34-15-27-97(116,58-117)57-105-72(20-10-29-99)85(121)113-81(95-48-61-25-26-62(49-95)37-66(36-61)50-95)91(127)110-75(22-12-31-101)87(123)111-77(35-59(2)3)89(125)107-73/h6-8,16-17,58-59,61-79,81-82,103,105H,4-5,9-15,18-57,98-102H2,1-3H3,(H,104,119)(H,106,122)(H,107,125)(H,108,126)(H,109,128)(H,110,127)(H,111,123)(H,112,120)(H,113,121)(H,114,124). The quantitative estimate of drug-likeness (QED) is 0.0560. The van der Waals surface area contributed by atoms with Crippen LogP contribution in [-0.4, -0.2) is 230 Å². The lowest BCUT2D eigenvalue weighted by atomic mass is 9.47. The fourth-order valence-corrected chi connectivity index (χ4v) is 27.3. The van der Waals surface area contributed by atoms with Crippen LogP contribution in [0.5, 0.6) is 0 Å². The first-order chi connectivity index (χ1) is 62.1. The number of aldehydes is 1. The molecule has 16 rings (SSSR count). The molecule has 718 valence electrons. The van der Waals surface area contributed by atoms with Gasteiger partial charge < -0.3 is 107 Å². The lowest BCUT2D eigenvalue weighted by molar-refractivity contribution is -0.144. The number of hydrogen-bond donors (Lipinski definition) is 17. The third kappa shape index (κ3) is 24.6. The van der Waals surface area contributed by atoms with Crippen LogP contribution in [0.25, 0.3) is 0 Å². The van der Waals surface area contributed by atoms with Gasteiger partial charge in [-0.3, -0.25) is 57.5 Å². The summed E-state index contributed by atoms with van der Waals surface area (Å²) in [6, 6.07) is -3.75. The van der Waals surface area contributed by atoms with E-state index >= 15 is 38.4 Å². The zero-order chi connectivity index (χ0) is 91.7. The van der Waals surface area contributed by atoms with Crippen LogP contribution in [-0.2, 0) is 68.7 Å². The molecular formula is C97H157N19O13. The Morgan fingerprint density at radius 3 is 1.34 bits per heavy atom. The number of unbranched alkanes of at least 4 members (excludes halogenated alkanes) is 1. The van der Waals surface area contributed by atoms with Crippen molar-refractivity contribution in [3.05, 3.63) is 35.9 Å². The number of nitrogens with two attached hydrogens (primary N) is 5. The van der Waals surface area contributed by atoms with Crippen LogP contribution in [0, 0.1) is 75.4 Å². The van der Waals surface area contributed by atoms with Crippen LogP contribution in [0.4, 0.5) is 0 Å². The van der Waals surface area contributed by atoms with E-state index in [-0.39, 0.29) is 134 Å². The topological polar surface area (TPSA) is 503 Å². The summed E-state index contributed by atoms with van der Waals surface area (Å²) < 4.78 is 0. The van der Waals surface area contributed by atoms with Gasteiger partial charge in [0.25, 0.3) is 0 Å². The van der Waals surface area contributed by atoms with E-state index in [1.165, 1.54) is 29.1 Å². The first kappa shape index (κ1) is 98.7. The lowest BCUT2D eigenvalue weighted by Crippen LogP contribution is -2.66. The number of nitrogens with one attached hydrogen (secondary N) is 12. The van der Waals surface area contributed by atoms with Gasteiger partial charge in [0.05, 0.1) is 18.6 Å². The van der Waals surface area contributed by atoms with Gasteiger partial charge in [0.2, 0.25) is 70.9 Å². The first-order valence-corrected chi connectivity index (χ1v) is 50.2. The van der Waals surface area contributed by atoms with Crippen molar-refractivity contribution in [3.8, 4) is 0 Å². The highest BCUT2D eigenvalue weighted by molar-refractivity contribution is 5.99. The zero-order valence-electron chi connectivity index (χ0n) is 77.4. The van der Waals surface area contributed by atoms with Gasteiger partial charge in [-0.05, 0) is 321 Å². The van der Waals surface area contributed by atoms with E-state index in [0.29, 0.717) is 156 Å². The molecule has 12 amide bonds. The van der Waals surface area contributed by atoms with Crippen LogP contribution in [0.3, 0.4) is 0 Å². The Hall–Kier alpha value is -7.75. The van der Waals surface area contributed by atoms with E-state index in [9.17, 15) is 24.0 Å². The molecular weight excluding hydrogens is 1640 g/mol. The molecule has 15 unspecified atom stereocenters. The molecule has 22 N–H and O–H groups in total. The second-order valence-electron chi connectivity index (χ2n) is 42.8. The van der Waals surface area contributed by atoms with Crippen LogP contribution in [0.2, 0.25) is 0 Å². The molecule has 15 fully saturated rings. The Kier molecular flexibility index (Phi) is 34.7. The molecule has 129 heavy (non-hydrogen) atoms. The highest BCUT2D eigenvalue weighted by Gasteiger charge is 2.60.